The van der Waals surface area contributed by atoms with Crippen LogP contribution in [0.1, 0.15) is 66.7 Å². The lowest BCUT2D eigenvalue weighted by Gasteiger charge is -2.29. The number of halogens is 3. The molecule has 2 nitrogen and oxygen atoms in total. The van der Waals surface area contributed by atoms with Crippen LogP contribution in [0.15, 0.2) is 42.5 Å². The van der Waals surface area contributed by atoms with Crippen LogP contribution < -0.4 is 0 Å². The minimum absolute atomic E-state index is 0.277. The van der Waals surface area contributed by atoms with Crippen LogP contribution >= 0.6 is 0 Å². The van der Waals surface area contributed by atoms with Crippen LogP contribution in [0.5, 0.6) is 0 Å². The third kappa shape index (κ3) is 5.45. The van der Waals surface area contributed by atoms with Gasteiger partial charge in [0.15, 0.2) is 0 Å². The van der Waals surface area contributed by atoms with Gasteiger partial charge in [0.1, 0.15) is 29.1 Å². The summed E-state index contributed by atoms with van der Waals surface area (Å²) in [6.45, 7) is 0.833. The van der Waals surface area contributed by atoms with Gasteiger partial charge in [-0.3, -0.25) is 0 Å². The maximum atomic E-state index is 15.2. The van der Waals surface area contributed by atoms with Crippen LogP contribution in [-0.4, -0.2) is 13.7 Å². The standard InChI is InChI=1S/C29H30F3NO/c1-34-14-2-3-19-4-7-21(8-5-19)23-12-13-25-24(17-23)11-10-22(29(25)32)9-6-20-15-27(30)26(18-33)28(31)16-20/h10-13,15-17,19,21H,2-9,14H2,1H3. The first kappa shape index (κ1) is 24.3. The molecule has 1 aliphatic rings. The molecular weight excluding hydrogens is 435 g/mol. The van der Waals surface area contributed by atoms with Crippen LogP contribution in [0.25, 0.3) is 10.8 Å². The van der Waals surface area contributed by atoms with Crippen LogP contribution in [-0.2, 0) is 17.6 Å². The molecule has 3 aromatic rings. The van der Waals surface area contributed by atoms with Crippen molar-refractivity contribution in [3.63, 3.8) is 0 Å². The van der Waals surface area contributed by atoms with E-state index >= 15 is 4.39 Å². The van der Waals surface area contributed by atoms with Gasteiger partial charge in [-0.1, -0.05) is 30.3 Å². The topological polar surface area (TPSA) is 33.0 Å². The normalized spacial score (nSPS) is 18.2. The van der Waals surface area contributed by atoms with Crippen LogP contribution in [0.2, 0.25) is 0 Å². The molecule has 0 N–H and O–H groups in total. The number of nitrogens with zero attached hydrogens (tertiary/aromatic N) is 1. The molecule has 5 heteroatoms. The summed E-state index contributed by atoms with van der Waals surface area (Å²) in [7, 11) is 1.75. The highest BCUT2D eigenvalue weighted by molar-refractivity contribution is 5.84. The van der Waals surface area contributed by atoms with E-state index in [0.717, 1.165) is 36.5 Å². The van der Waals surface area contributed by atoms with Gasteiger partial charge in [-0.25, -0.2) is 13.2 Å². The van der Waals surface area contributed by atoms with E-state index in [4.69, 9.17) is 10.00 Å². The summed E-state index contributed by atoms with van der Waals surface area (Å²) in [5, 5.41) is 10.3. The molecule has 4 rings (SSSR count). The van der Waals surface area contributed by atoms with E-state index in [1.807, 2.05) is 12.1 Å². The molecule has 0 spiro atoms. The molecule has 0 unspecified atom stereocenters. The molecular formula is C29H30F3NO. The summed E-state index contributed by atoms with van der Waals surface area (Å²) in [5.41, 5.74) is 1.61. The molecule has 1 fully saturated rings. The maximum absolute atomic E-state index is 15.2. The average Bonchev–Trinajstić information content (AvgIpc) is 2.84. The molecule has 0 amide bonds. The largest absolute Gasteiger partial charge is 0.385 e. The van der Waals surface area contributed by atoms with Crippen molar-refractivity contribution in [1.82, 2.24) is 0 Å². The number of hydrogen-bond acceptors (Lipinski definition) is 2. The second-order valence-electron chi connectivity index (χ2n) is 9.42. The molecule has 0 bridgehead atoms. The van der Waals surface area contributed by atoms with Crippen molar-refractivity contribution in [1.29, 1.82) is 5.26 Å². The zero-order chi connectivity index (χ0) is 24.1. The molecule has 0 atom stereocenters. The highest BCUT2D eigenvalue weighted by Crippen LogP contribution is 2.38. The van der Waals surface area contributed by atoms with Gasteiger partial charge < -0.3 is 4.74 Å². The van der Waals surface area contributed by atoms with Gasteiger partial charge in [-0.05, 0) is 97.4 Å². The fourth-order valence-corrected chi connectivity index (χ4v) is 5.26. The monoisotopic (exact) mass is 465 g/mol. The Kier molecular flexibility index (Phi) is 7.90. The number of fused-ring (bicyclic) bond motifs is 1. The van der Waals surface area contributed by atoms with Crippen LogP contribution in [0.3, 0.4) is 0 Å². The summed E-state index contributed by atoms with van der Waals surface area (Å²) < 4.78 is 48.1. The Morgan fingerprint density at radius 1 is 0.941 bits per heavy atom. The number of methoxy groups -OCH3 is 1. The molecule has 0 aromatic heterocycles. The Balaban J connectivity index is 1.43. The van der Waals surface area contributed by atoms with E-state index in [-0.39, 0.29) is 12.2 Å². The number of ether oxygens (including phenoxy) is 1. The molecule has 3 aromatic carbocycles. The Hall–Kier alpha value is -2.84. The summed E-state index contributed by atoms with van der Waals surface area (Å²) in [6, 6.07) is 13.6. The lowest BCUT2D eigenvalue weighted by molar-refractivity contribution is 0.180. The molecule has 0 saturated heterocycles. The first-order chi connectivity index (χ1) is 16.5. The minimum atomic E-state index is -0.881. The van der Waals surface area contributed by atoms with Crippen molar-refractivity contribution < 1.29 is 17.9 Å². The van der Waals surface area contributed by atoms with Crippen molar-refractivity contribution in [3.05, 3.63) is 82.2 Å². The maximum Gasteiger partial charge on any atom is 0.144 e. The van der Waals surface area contributed by atoms with Gasteiger partial charge in [0.2, 0.25) is 0 Å². The van der Waals surface area contributed by atoms with E-state index in [1.54, 1.807) is 13.2 Å². The molecule has 0 radical (unpaired) electrons. The average molecular weight is 466 g/mol. The fraction of sp³-hybridized carbons (Fsp3) is 0.414. The predicted octanol–water partition coefficient (Wildman–Crippen LogP) is 7.61. The van der Waals surface area contributed by atoms with E-state index < -0.39 is 17.2 Å². The van der Waals surface area contributed by atoms with E-state index in [2.05, 4.69) is 12.1 Å². The molecule has 1 saturated carbocycles. The molecule has 178 valence electrons. The number of rotatable bonds is 8. The lowest BCUT2D eigenvalue weighted by Crippen LogP contribution is -2.14. The zero-order valence-corrected chi connectivity index (χ0v) is 19.5. The van der Waals surface area contributed by atoms with Crippen molar-refractivity contribution >= 4 is 10.8 Å². The van der Waals surface area contributed by atoms with E-state index in [9.17, 15) is 8.78 Å². The first-order valence-electron chi connectivity index (χ1n) is 12.1. The van der Waals surface area contributed by atoms with E-state index in [0.29, 0.717) is 28.9 Å². The Morgan fingerprint density at radius 3 is 2.35 bits per heavy atom. The van der Waals surface area contributed by atoms with Crippen molar-refractivity contribution in [3.8, 4) is 6.07 Å². The Bertz CT molecular complexity index is 1170. The number of nitriles is 1. The molecule has 34 heavy (non-hydrogen) atoms. The van der Waals surface area contributed by atoms with Crippen molar-refractivity contribution in [2.24, 2.45) is 5.92 Å². The highest BCUT2D eigenvalue weighted by atomic mass is 19.1. The van der Waals surface area contributed by atoms with Crippen molar-refractivity contribution in [2.75, 3.05) is 13.7 Å². The summed E-state index contributed by atoms with van der Waals surface area (Å²) in [5.74, 6) is -0.738. The smallest absolute Gasteiger partial charge is 0.144 e. The van der Waals surface area contributed by atoms with Gasteiger partial charge >= 0.3 is 0 Å². The van der Waals surface area contributed by atoms with Crippen molar-refractivity contribution in [2.45, 2.75) is 57.3 Å². The zero-order valence-electron chi connectivity index (χ0n) is 19.5. The predicted molar refractivity (Wildman–Crippen MR) is 128 cm³/mol. The fourth-order valence-electron chi connectivity index (χ4n) is 5.26. The van der Waals surface area contributed by atoms with Gasteiger partial charge in [-0.15, -0.1) is 0 Å². The molecule has 0 heterocycles. The second-order valence-corrected chi connectivity index (χ2v) is 9.42. The van der Waals surface area contributed by atoms with Crippen LogP contribution in [0, 0.1) is 34.7 Å². The van der Waals surface area contributed by atoms with Gasteiger partial charge in [0.25, 0.3) is 0 Å². The third-order valence-corrected chi connectivity index (χ3v) is 7.23. The van der Waals surface area contributed by atoms with Gasteiger partial charge in [0, 0.05) is 19.1 Å². The van der Waals surface area contributed by atoms with Gasteiger partial charge in [-0.2, -0.15) is 5.26 Å². The Morgan fingerprint density at radius 2 is 1.68 bits per heavy atom. The highest BCUT2D eigenvalue weighted by Gasteiger charge is 2.22. The molecule has 1 aliphatic carbocycles. The number of hydrogen-bond donors (Lipinski definition) is 0. The van der Waals surface area contributed by atoms with E-state index in [1.165, 1.54) is 43.7 Å². The first-order valence-corrected chi connectivity index (χ1v) is 12.1. The summed E-state index contributed by atoms with van der Waals surface area (Å²) >= 11 is 0. The quantitative estimate of drug-likeness (QED) is 0.321. The SMILES string of the molecule is COCCCC1CCC(c2ccc3c(F)c(CCc4cc(F)c(C#N)c(F)c4)ccc3c2)CC1. The number of aryl methyl sites for hydroxylation is 2. The van der Waals surface area contributed by atoms with Gasteiger partial charge in [0.05, 0.1) is 0 Å². The van der Waals surface area contributed by atoms with Crippen LogP contribution in [0.4, 0.5) is 13.2 Å². The number of benzene rings is 3. The lowest BCUT2D eigenvalue weighted by atomic mass is 9.77. The Labute approximate surface area is 199 Å². The second kappa shape index (κ2) is 11.1. The molecule has 0 aliphatic heterocycles. The summed E-state index contributed by atoms with van der Waals surface area (Å²) in [4.78, 5) is 0. The third-order valence-electron chi connectivity index (χ3n) is 7.23. The minimum Gasteiger partial charge on any atom is -0.385 e. The summed E-state index contributed by atoms with van der Waals surface area (Å²) in [6.07, 6.45) is 7.76.